The molecule has 0 aliphatic carbocycles. The van der Waals surface area contributed by atoms with E-state index in [4.69, 9.17) is 5.11 Å². The van der Waals surface area contributed by atoms with Crippen LogP contribution in [-0.2, 0) is 15.8 Å². The highest BCUT2D eigenvalue weighted by atomic mass is 19.4. The summed E-state index contributed by atoms with van der Waals surface area (Å²) in [6.45, 7) is 1.17. The van der Waals surface area contributed by atoms with Crippen LogP contribution in [0.1, 0.15) is 30.5 Å². The SMILES string of the molecule is CC(=O)N[C@H](CC(=O)O)c1cccc(C(F)(F)F)c1. The number of nitrogens with one attached hydrogen (secondary N) is 1. The van der Waals surface area contributed by atoms with Gasteiger partial charge in [-0.2, -0.15) is 13.2 Å². The molecule has 0 bridgehead atoms. The van der Waals surface area contributed by atoms with Crippen LogP contribution in [0.2, 0.25) is 0 Å². The molecular formula is C12H12F3NO3. The molecular weight excluding hydrogens is 263 g/mol. The predicted molar refractivity (Wildman–Crippen MR) is 60.3 cm³/mol. The van der Waals surface area contributed by atoms with E-state index in [0.717, 1.165) is 12.1 Å². The highest BCUT2D eigenvalue weighted by Gasteiger charge is 2.31. The van der Waals surface area contributed by atoms with Crippen molar-refractivity contribution < 1.29 is 27.9 Å². The molecule has 0 saturated heterocycles. The van der Waals surface area contributed by atoms with Crippen LogP contribution in [0.25, 0.3) is 0 Å². The molecule has 0 saturated carbocycles. The molecule has 7 heteroatoms. The van der Waals surface area contributed by atoms with E-state index >= 15 is 0 Å². The Balaban J connectivity index is 3.08. The number of aliphatic carboxylic acids is 1. The topological polar surface area (TPSA) is 66.4 Å². The summed E-state index contributed by atoms with van der Waals surface area (Å²) in [7, 11) is 0. The molecule has 19 heavy (non-hydrogen) atoms. The molecule has 1 aromatic carbocycles. The largest absolute Gasteiger partial charge is 0.481 e. The molecule has 4 nitrogen and oxygen atoms in total. The highest BCUT2D eigenvalue weighted by Crippen LogP contribution is 2.31. The lowest BCUT2D eigenvalue weighted by atomic mass is 10.0. The van der Waals surface area contributed by atoms with Crippen molar-refractivity contribution in [1.82, 2.24) is 5.32 Å². The van der Waals surface area contributed by atoms with E-state index in [0.29, 0.717) is 0 Å². The van der Waals surface area contributed by atoms with Gasteiger partial charge in [-0.3, -0.25) is 9.59 Å². The van der Waals surface area contributed by atoms with Gasteiger partial charge in [0.05, 0.1) is 18.0 Å². The van der Waals surface area contributed by atoms with Gasteiger partial charge in [-0.25, -0.2) is 0 Å². The average Bonchev–Trinajstić information content (AvgIpc) is 2.26. The standard InChI is InChI=1S/C12H12F3NO3/c1-7(17)16-10(6-11(18)19)8-3-2-4-9(5-8)12(13,14)15/h2-5,10H,6H2,1H3,(H,16,17)(H,18,19)/t10-/m1/s1. The number of amides is 1. The lowest BCUT2D eigenvalue weighted by molar-refractivity contribution is -0.138. The Morgan fingerprint density at radius 2 is 2.00 bits per heavy atom. The molecule has 1 rings (SSSR count). The van der Waals surface area contributed by atoms with Crippen LogP contribution in [0.15, 0.2) is 24.3 Å². The fraction of sp³-hybridized carbons (Fsp3) is 0.333. The first-order valence-corrected chi connectivity index (χ1v) is 5.36. The second kappa shape index (κ2) is 5.73. The van der Waals surface area contributed by atoms with Crippen LogP contribution in [-0.4, -0.2) is 17.0 Å². The van der Waals surface area contributed by atoms with Gasteiger partial charge in [-0.1, -0.05) is 12.1 Å². The minimum atomic E-state index is -4.51. The Morgan fingerprint density at radius 3 is 2.47 bits per heavy atom. The zero-order valence-electron chi connectivity index (χ0n) is 9.99. The van der Waals surface area contributed by atoms with Gasteiger partial charge in [-0.05, 0) is 17.7 Å². The molecule has 0 fully saturated rings. The van der Waals surface area contributed by atoms with Crippen LogP contribution in [0.4, 0.5) is 13.2 Å². The fourth-order valence-corrected chi connectivity index (χ4v) is 1.60. The predicted octanol–water partition coefficient (Wildman–Crippen LogP) is 2.36. The Morgan fingerprint density at radius 1 is 1.37 bits per heavy atom. The van der Waals surface area contributed by atoms with Crippen molar-refractivity contribution in [3.63, 3.8) is 0 Å². The summed E-state index contributed by atoms with van der Waals surface area (Å²) in [6, 6.07) is 3.25. The molecule has 0 heterocycles. The first-order valence-electron chi connectivity index (χ1n) is 5.36. The van der Waals surface area contributed by atoms with Crippen molar-refractivity contribution in [2.45, 2.75) is 25.6 Å². The zero-order chi connectivity index (χ0) is 14.6. The first kappa shape index (κ1) is 15.0. The smallest absolute Gasteiger partial charge is 0.416 e. The van der Waals surface area contributed by atoms with Gasteiger partial charge in [0.2, 0.25) is 5.91 Å². The van der Waals surface area contributed by atoms with E-state index in [1.807, 2.05) is 0 Å². The van der Waals surface area contributed by atoms with Gasteiger partial charge in [0.25, 0.3) is 0 Å². The van der Waals surface area contributed by atoms with E-state index in [1.165, 1.54) is 19.1 Å². The number of hydrogen-bond acceptors (Lipinski definition) is 2. The number of carboxylic acid groups (broad SMARTS) is 1. The van der Waals surface area contributed by atoms with Crippen LogP contribution >= 0.6 is 0 Å². The number of carbonyl (C=O) groups is 2. The van der Waals surface area contributed by atoms with Crippen LogP contribution < -0.4 is 5.32 Å². The van der Waals surface area contributed by atoms with Crippen molar-refractivity contribution in [2.24, 2.45) is 0 Å². The number of hydrogen-bond donors (Lipinski definition) is 2. The lowest BCUT2D eigenvalue weighted by Crippen LogP contribution is -2.28. The molecule has 2 N–H and O–H groups in total. The Kier molecular flexibility index (Phi) is 4.52. The molecule has 0 aromatic heterocycles. The van der Waals surface area contributed by atoms with Crippen LogP contribution in [0.5, 0.6) is 0 Å². The van der Waals surface area contributed by atoms with E-state index < -0.39 is 36.1 Å². The summed E-state index contributed by atoms with van der Waals surface area (Å²) in [4.78, 5) is 21.6. The third-order valence-electron chi connectivity index (χ3n) is 2.37. The third-order valence-corrected chi connectivity index (χ3v) is 2.37. The summed E-state index contributed by atoms with van der Waals surface area (Å²) < 4.78 is 37.7. The maximum absolute atomic E-state index is 12.6. The van der Waals surface area contributed by atoms with E-state index in [1.54, 1.807) is 0 Å². The zero-order valence-corrected chi connectivity index (χ0v) is 9.99. The van der Waals surface area contributed by atoms with E-state index in [-0.39, 0.29) is 5.56 Å². The van der Waals surface area contributed by atoms with E-state index in [2.05, 4.69) is 5.32 Å². The van der Waals surface area contributed by atoms with Gasteiger partial charge >= 0.3 is 12.1 Å². The molecule has 0 aliphatic rings. The first-order chi connectivity index (χ1) is 8.70. The summed E-state index contributed by atoms with van der Waals surface area (Å²) in [5.74, 6) is -1.72. The number of benzene rings is 1. The molecule has 1 aromatic rings. The Bertz CT molecular complexity index is 469. The monoisotopic (exact) mass is 275 g/mol. The summed E-state index contributed by atoms with van der Waals surface area (Å²) >= 11 is 0. The van der Waals surface area contributed by atoms with Crippen molar-refractivity contribution >= 4 is 11.9 Å². The van der Waals surface area contributed by atoms with Gasteiger partial charge in [0, 0.05) is 6.92 Å². The molecule has 0 aliphatic heterocycles. The summed E-state index contributed by atoms with van der Waals surface area (Å²) in [5, 5.41) is 11.0. The van der Waals surface area contributed by atoms with Gasteiger partial charge in [-0.15, -0.1) is 0 Å². The molecule has 0 spiro atoms. The minimum absolute atomic E-state index is 0.104. The van der Waals surface area contributed by atoms with E-state index in [9.17, 15) is 22.8 Å². The van der Waals surface area contributed by atoms with Gasteiger partial charge in [0.1, 0.15) is 0 Å². The lowest BCUT2D eigenvalue weighted by Gasteiger charge is -2.17. The second-order valence-corrected chi connectivity index (χ2v) is 3.97. The molecule has 1 atom stereocenters. The second-order valence-electron chi connectivity index (χ2n) is 3.97. The van der Waals surface area contributed by atoms with Gasteiger partial charge in [0.15, 0.2) is 0 Å². The van der Waals surface area contributed by atoms with Crippen molar-refractivity contribution in [1.29, 1.82) is 0 Å². The number of alkyl halides is 3. The summed E-state index contributed by atoms with van der Waals surface area (Å²) in [5.41, 5.74) is -0.779. The van der Waals surface area contributed by atoms with Crippen LogP contribution in [0.3, 0.4) is 0 Å². The average molecular weight is 275 g/mol. The molecule has 1 amide bonds. The normalized spacial score (nSPS) is 12.8. The maximum atomic E-state index is 12.6. The minimum Gasteiger partial charge on any atom is -0.481 e. The number of carboxylic acids is 1. The molecule has 0 radical (unpaired) electrons. The fourth-order valence-electron chi connectivity index (χ4n) is 1.60. The van der Waals surface area contributed by atoms with Crippen molar-refractivity contribution in [3.05, 3.63) is 35.4 Å². The Hall–Kier alpha value is -2.05. The van der Waals surface area contributed by atoms with Crippen molar-refractivity contribution in [3.8, 4) is 0 Å². The third kappa shape index (κ3) is 4.61. The quantitative estimate of drug-likeness (QED) is 0.886. The van der Waals surface area contributed by atoms with Crippen LogP contribution in [0, 0.1) is 0 Å². The number of carbonyl (C=O) groups excluding carboxylic acids is 1. The van der Waals surface area contributed by atoms with Gasteiger partial charge < -0.3 is 10.4 Å². The summed E-state index contributed by atoms with van der Waals surface area (Å²) in [6.07, 6.45) is -5.00. The molecule has 104 valence electrons. The van der Waals surface area contributed by atoms with Crippen molar-refractivity contribution in [2.75, 3.05) is 0 Å². The maximum Gasteiger partial charge on any atom is 0.416 e. The molecule has 0 unspecified atom stereocenters. The number of halogens is 3. The Labute approximate surface area is 107 Å². The highest BCUT2D eigenvalue weighted by molar-refractivity contribution is 5.75. The number of rotatable bonds is 4.